The molecule has 1 saturated heterocycles. The van der Waals surface area contributed by atoms with Crippen LogP contribution >= 0.6 is 0 Å². The number of sulfone groups is 1. The minimum absolute atomic E-state index is 0.295. The van der Waals surface area contributed by atoms with Crippen LogP contribution in [0.25, 0.3) is 44.2 Å². The van der Waals surface area contributed by atoms with E-state index in [1.165, 1.54) is 0 Å². The molecule has 4 aromatic carbocycles. The predicted octanol–water partition coefficient (Wildman–Crippen LogP) is 6.37. The molecule has 5 aromatic rings. The highest BCUT2D eigenvalue weighted by Crippen LogP contribution is 2.45. The van der Waals surface area contributed by atoms with Crippen molar-refractivity contribution in [1.82, 2.24) is 0 Å². The van der Waals surface area contributed by atoms with Gasteiger partial charge in [-0.05, 0) is 74.6 Å². The number of hydrogen-bond donors (Lipinski definition) is 0. The van der Waals surface area contributed by atoms with Crippen LogP contribution in [0.1, 0.15) is 27.7 Å². The maximum absolute atomic E-state index is 13.7. The van der Waals surface area contributed by atoms with E-state index in [1.807, 2.05) is 88.4 Å². The van der Waals surface area contributed by atoms with E-state index in [-0.39, 0.29) is 0 Å². The van der Waals surface area contributed by atoms with E-state index in [1.54, 1.807) is 12.1 Å². The fourth-order valence-corrected chi connectivity index (χ4v) is 7.03. The average Bonchev–Trinajstić information content (AvgIpc) is 3.43. The summed E-state index contributed by atoms with van der Waals surface area (Å²) in [6.45, 7) is 7.94. The second-order valence-electron chi connectivity index (χ2n) is 10.9. The van der Waals surface area contributed by atoms with Crippen molar-refractivity contribution in [1.29, 1.82) is 0 Å². The summed E-state index contributed by atoms with van der Waals surface area (Å²) in [5, 5.41) is 2.04. The Balaban J connectivity index is 1.30. The number of fused-ring (bicyclic) bond motifs is 6. The van der Waals surface area contributed by atoms with Crippen LogP contribution in [0.15, 0.2) is 93.1 Å². The molecule has 0 bridgehead atoms. The van der Waals surface area contributed by atoms with Gasteiger partial charge in [-0.2, -0.15) is 0 Å². The molecule has 5 nitrogen and oxygen atoms in total. The van der Waals surface area contributed by atoms with Crippen LogP contribution < -0.4 is 5.46 Å². The van der Waals surface area contributed by atoms with E-state index < -0.39 is 28.2 Å². The van der Waals surface area contributed by atoms with Crippen LogP contribution in [-0.2, 0) is 19.1 Å². The number of hydrogen-bond acceptors (Lipinski definition) is 5. The van der Waals surface area contributed by atoms with Crippen LogP contribution in [0.4, 0.5) is 0 Å². The molecule has 3 heterocycles. The molecule has 1 aromatic heterocycles. The van der Waals surface area contributed by atoms with Gasteiger partial charge in [-0.1, -0.05) is 48.5 Å². The van der Waals surface area contributed by atoms with Gasteiger partial charge in [-0.3, -0.25) is 0 Å². The summed E-state index contributed by atoms with van der Waals surface area (Å²) < 4.78 is 45.7. The highest BCUT2D eigenvalue weighted by Gasteiger charge is 2.52. The van der Waals surface area contributed by atoms with Gasteiger partial charge in [0.2, 0.25) is 9.84 Å². The fourth-order valence-electron chi connectivity index (χ4n) is 5.28. The van der Waals surface area contributed by atoms with Crippen molar-refractivity contribution in [2.24, 2.45) is 0 Å². The first-order chi connectivity index (χ1) is 17.5. The van der Waals surface area contributed by atoms with Crippen molar-refractivity contribution < 1.29 is 22.1 Å². The molecule has 1 fully saturated rings. The molecule has 0 radical (unpaired) electrons. The zero-order chi connectivity index (χ0) is 25.7. The van der Waals surface area contributed by atoms with Crippen LogP contribution in [0.5, 0.6) is 0 Å². The smallest absolute Gasteiger partial charge is 0.456 e. The average molecular weight is 508 g/mol. The van der Waals surface area contributed by atoms with E-state index in [4.69, 9.17) is 13.7 Å². The van der Waals surface area contributed by atoms with E-state index >= 15 is 0 Å². The molecule has 2 aliphatic heterocycles. The van der Waals surface area contributed by atoms with E-state index in [0.29, 0.717) is 26.4 Å². The summed E-state index contributed by atoms with van der Waals surface area (Å²) in [7, 11) is -4.32. The molecule has 0 unspecified atom stereocenters. The monoisotopic (exact) mass is 508 g/mol. The highest BCUT2D eigenvalue weighted by atomic mass is 32.2. The minimum atomic E-state index is -3.70. The lowest BCUT2D eigenvalue weighted by Crippen LogP contribution is -2.41. The normalized spacial score (nSPS) is 18.9. The topological polar surface area (TPSA) is 65.7 Å². The molecule has 0 amide bonds. The summed E-state index contributed by atoms with van der Waals surface area (Å²) in [6.07, 6.45) is 0. The van der Waals surface area contributed by atoms with Crippen LogP contribution in [0.2, 0.25) is 0 Å². The number of benzene rings is 4. The zero-order valence-electron chi connectivity index (χ0n) is 21.0. The lowest BCUT2D eigenvalue weighted by Gasteiger charge is -2.32. The third-order valence-corrected chi connectivity index (χ3v) is 9.93. The minimum Gasteiger partial charge on any atom is -0.456 e. The molecular weight excluding hydrogens is 483 g/mol. The third-order valence-electron chi connectivity index (χ3n) is 8.09. The summed E-state index contributed by atoms with van der Waals surface area (Å²) in [4.78, 5) is 0.617. The van der Waals surface area contributed by atoms with Crippen LogP contribution in [-0.4, -0.2) is 26.7 Å². The Morgan fingerprint density at radius 2 is 1.24 bits per heavy atom. The van der Waals surface area contributed by atoms with Gasteiger partial charge in [0.25, 0.3) is 0 Å². The molecule has 0 saturated carbocycles. The molecule has 7 rings (SSSR count). The van der Waals surface area contributed by atoms with Crippen molar-refractivity contribution in [3.05, 3.63) is 78.9 Å². The Labute approximate surface area is 216 Å². The summed E-state index contributed by atoms with van der Waals surface area (Å²) in [5.74, 6) is 0. The Morgan fingerprint density at radius 1 is 0.649 bits per heavy atom. The SMILES string of the molecule is CC1(C)OB(c2ccc3c(c2)S(=O)(=O)c2cc(-c4ccc5oc6ccccc6c5c4)ccc2-3)OC1(C)C. The van der Waals surface area contributed by atoms with Gasteiger partial charge in [0.15, 0.2) is 0 Å². The first kappa shape index (κ1) is 22.8. The highest BCUT2D eigenvalue weighted by molar-refractivity contribution is 7.92. The maximum Gasteiger partial charge on any atom is 0.494 e. The van der Waals surface area contributed by atoms with Gasteiger partial charge in [0.1, 0.15) is 11.2 Å². The third kappa shape index (κ3) is 3.21. The van der Waals surface area contributed by atoms with Crippen molar-refractivity contribution in [3.63, 3.8) is 0 Å². The Bertz CT molecular complexity index is 1850. The van der Waals surface area contributed by atoms with Crippen LogP contribution in [0, 0.1) is 0 Å². The Morgan fingerprint density at radius 3 is 2.00 bits per heavy atom. The quantitative estimate of drug-likeness (QED) is 0.255. The van der Waals surface area contributed by atoms with Crippen LogP contribution in [0.3, 0.4) is 0 Å². The molecule has 0 aliphatic carbocycles. The Kier molecular flexibility index (Phi) is 4.52. The van der Waals surface area contributed by atoms with Gasteiger partial charge >= 0.3 is 7.12 Å². The lowest BCUT2D eigenvalue weighted by atomic mass is 9.78. The van der Waals surface area contributed by atoms with Gasteiger partial charge in [-0.25, -0.2) is 8.42 Å². The largest absolute Gasteiger partial charge is 0.494 e. The lowest BCUT2D eigenvalue weighted by molar-refractivity contribution is 0.00578. The molecule has 184 valence electrons. The zero-order valence-corrected chi connectivity index (χ0v) is 21.8. The number of furan rings is 1. The molecule has 37 heavy (non-hydrogen) atoms. The van der Waals surface area contributed by atoms with Crippen molar-refractivity contribution in [2.75, 3.05) is 0 Å². The standard InChI is InChI=1S/C30H25BO5S/c1-29(2)30(3,4)36-31(35-29)20-11-13-23-22-12-9-19(16-27(22)37(32,33)28(23)17-20)18-10-14-26-24(15-18)21-7-5-6-8-25(21)34-26/h5-17H,1-4H3. The van der Waals surface area contributed by atoms with Gasteiger partial charge in [-0.15, -0.1) is 0 Å². The first-order valence-electron chi connectivity index (χ1n) is 12.4. The summed E-state index contributed by atoms with van der Waals surface area (Å²) >= 11 is 0. The van der Waals surface area contributed by atoms with E-state index in [9.17, 15) is 8.42 Å². The molecule has 0 atom stereocenters. The van der Waals surface area contributed by atoms with Gasteiger partial charge < -0.3 is 13.7 Å². The van der Waals surface area contributed by atoms with Crippen molar-refractivity contribution in [3.8, 4) is 22.3 Å². The number of rotatable bonds is 2. The van der Waals surface area contributed by atoms with E-state index in [2.05, 4.69) is 6.07 Å². The number of para-hydroxylation sites is 1. The first-order valence-corrected chi connectivity index (χ1v) is 13.8. The van der Waals surface area contributed by atoms with Gasteiger partial charge in [0.05, 0.1) is 21.0 Å². The summed E-state index contributed by atoms with van der Waals surface area (Å²) in [6, 6.07) is 25.0. The molecule has 0 spiro atoms. The van der Waals surface area contributed by atoms with E-state index in [0.717, 1.165) is 33.1 Å². The van der Waals surface area contributed by atoms with Crippen molar-refractivity contribution in [2.45, 2.75) is 48.7 Å². The second kappa shape index (κ2) is 7.35. The molecular formula is C30H25BO5S. The fraction of sp³-hybridized carbons (Fsp3) is 0.200. The second-order valence-corrected chi connectivity index (χ2v) is 12.8. The summed E-state index contributed by atoms with van der Waals surface area (Å²) in [5.41, 5.74) is 4.53. The molecule has 7 heteroatoms. The maximum atomic E-state index is 13.7. The molecule has 0 N–H and O–H groups in total. The Hall–Kier alpha value is -3.39. The van der Waals surface area contributed by atoms with Crippen molar-refractivity contribution >= 4 is 44.4 Å². The van der Waals surface area contributed by atoms with Gasteiger partial charge in [0, 0.05) is 21.9 Å². The molecule has 2 aliphatic rings. The predicted molar refractivity (Wildman–Crippen MR) is 146 cm³/mol.